The molecular weight excluding hydrogens is 369 g/mol. The zero-order valence-electron chi connectivity index (χ0n) is 13.9. The monoisotopic (exact) mass is 387 g/mol. The van der Waals surface area contributed by atoms with Gasteiger partial charge in [0.2, 0.25) is 11.8 Å². The lowest BCUT2D eigenvalue weighted by molar-refractivity contribution is -0.119. The third-order valence-corrected chi connectivity index (χ3v) is 4.56. The van der Waals surface area contributed by atoms with Gasteiger partial charge < -0.3 is 9.73 Å². The van der Waals surface area contributed by atoms with Crippen LogP contribution in [0.3, 0.4) is 0 Å². The van der Waals surface area contributed by atoms with E-state index in [1.54, 1.807) is 18.2 Å². The minimum atomic E-state index is -0.226. The van der Waals surface area contributed by atoms with Gasteiger partial charge in [-0.05, 0) is 24.6 Å². The van der Waals surface area contributed by atoms with E-state index in [0.717, 1.165) is 5.56 Å². The average molecular weight is 388 g/mol. The number of halogens is 2. The molecule has 1 heterocycles. The topological polar surface area (TPSA) is 68.0 Å². The zero-order valence-corrected chi connectivity index (χ0v) is 16.2. The fraction of sp³-hybridized carbons (Fsp3) is 0.438. The lowest BCUT2D eigenvalue weighted by atomic mass is 9.97. The largest absolute Gasteiger partial charge is 0.415 e. The van der Waals surface area contributed by atoms with E-state index in [4.69, 9.17) is 27.6 Å². The number of carbonyl (C=O) groups is 1. The van der Waals surface area contributed by atoms with Crippen molar-refractivity contribution in [3.63, 3.8) is 0 Å². The molecule has 0 saturated carbocycles. The van der Waals surface area contributed by atoms with E-state index in [-0.39, 0.29) is 23.1 Å². The molecule has 1 amide bonds. The molecule has 24 heavy (non-hydrogen) atoms. The van der Waals surface area contributed by atoms with E-state index in [2.05, 4.69) is 15.5 Å². The van der Waals surface area contributed by atoms with Crippen LogP contribution in [0.2, 0.25) is 10.0 Å². The Bertz CT molecular complexity index is 728. The number of thioether (sulfide) groups is 1. The van der Waals surface area contributed by atoms with Gasteiger partial charge in [-0.15, -0.1) is 10.2 Å². The molecule has 0 spiro atoms. The summed E-state index contributed by atoms with van der Waals surface area (Å²) in [5, 5.41) is 12.3. The molecule has 0 saturated heterocycles. The number of rotatable bonds is 5. The standard InChI is InChI=1S/C16H19Cl2N3O2S/c1-9(11-6-5-10(17)7-12(11)18)19-13(22)8-24-15-21-20-14(23-15)16(2,3)4/h5-7,9H,8H2,1-4H3,(H,19,22). The summed E-state index contributed by atoms with van der Waals surface area (Å²) in [6, 6.07) is 4.97. The van der Waals surface area contributed by atoms with Gasteiger partial charge in [-0.1, -0.05) is 61.8 Å². The Morgan fingerprint density at radius 2 is 2.04 bits per heavy atom. The quantitative estimate of drug-likeness (QED) is 0.756. The highest BCUT2D eigenvalue weighted by Crippen LogP contribution is 2.27. The molecule has 0 fully saturated rings. The Labute approximate surface area is 155 Å². The Hall–Kier alpha value is -1.24. The molecule has 0 aliphatic rings. The molecule has 1 N–H and O–H groups in total. The number of amides is 1. The summed E-state index contributed by atoms with van der Waals surface area (Å²) < 4.78 is 5.55. The number of nitrogens with one attached hydrogen (secondary N) is 1. The summed E-state index contributed by atoms with van der Waals surface area (Å²) >= 11 is 13.2. The highest BCUT2D eigenvalue weighted by Gasteiger charge is 2.22. The van der Waals surface area contributed by atoms with Crippen LogP contribution in [-0.2, 0) is 10.2 Å². The Kier molecular flexibility index (Phi) is 6.17. The van der Waals surface area contributed by atoms with Crippen molar-refractivity contribution in [2.24, 2.45) is 0 Å². The lowest BCUT2D eigenvalue weighted by Crippen LogP contribution is -2.28. The first-order chi connectivity index (χ1) is 11.2. The van der Waals surface area contributed by atoms with Gasteiger partial charge in [0.15, 0.2) is 0 Å². The fourth-order valence-corrected chi connectivity index (χ4v) is 3.06. The van der Waals surface area contributed by atoms with Gasteiger partial charge in [-0.3, -0.25) is 4.79 Å². The predicted molar refractivity (Wildman–Crippen MR) is 96.7 cm³/mol. The maximum absolute atomic E-state index is 12.1. The lowest BCUT2D eigenvalue weighted by Gasteiger charge is -2.15. The van der Waals surface area contributed by atoms with Crippen LogP contribution in [0, 0.1) is 0 Å². The van der Waals surface area contributed by atoms with Crippen molar-refractivity contribution in [1.82, 2.24) is 15.5 Å². The Morgan fingerprint density at radius 1 is 1.33 bits per heavy atom. The summed E-state index contributed by atoms with van der Waals surface area (Å²) in [4.78, 5) is 12.1. The summed E-state index contributed by atoms with van der Waals surface area (Å²) in [7, 11) is 0. The molecule has 1 unspecified atom stereocenters. The van der Waals surface area contributed by atoms with Crippen molar-refractivity contribution in [2.75, 3.05) is 5.75 Å². The highest BCUT2D eigenvalue weighted by atomic mass is 35.5. The molecule has 1 aromatic heterocycles. The second kappa shape index (κ2) is 7.76. The SMILES string of the molecule is CC(NC(=O)CSc1nnc(C(C)(C)C)o1)c1ccc(Cl)cc1Cl. The number of hydrogen-bond donors (Lipinski definition) is 1. The second-order valence-corrected chi connectivity index (χ2v) is 8.14. The summed E-state index contributed by atoms with van der Waals surface area (Å²) in [5.41, 5.74) is 0.598. The van der Waals surface area contributed by atoms with E-state index >= 15 is 0 Å². The van der Waals surface area contributed by atoms with E-state index in [0.29, 0.717) is 21.2 Å². The van der Waals surface area contributed by atoms with Gasteiger partial charge in [0.25, 0.3) is 5.22 Å². The molecule has 1 atom stereocenters. The first-order valence-electron chi connectivity index (χ1n) is 7.38. The normalized spacial score (nSPS) is 12.9. The fourth-order valence-electron chi connectivity index (χ4n) is 1.91. The average Bonchev–Trinajstić information content (AvgIpc) is 2.93. The molecule has 0 aliphatic heterocycles. The molecular formula is C16H19Cl2N3O2S. The van der Waals surface area contributed by atoms with E-state index in [1.165, 1.54) is 11.8 Å². The zero-order chi connectivity index (χ0) is 17.9. The molecule has 2 rings (SSSR count). The van der Waals surface area contributed by atoms with Gasteiger partial charge >= 0.3 is 0 Å². The second-order valence-electron chi connectivity index (χ2n) is 6.37. The van der Waals surface area contributed by atoms with Crippen molar-refractivity contribution in [1.29, 1.82) is 0 Å². The first-order valence-corrected chi connectivity index (χ1v) is 9.12. The number of benzene rings is 1. The third-order valence-electron chi connectivity index (χ3n) is 3.18. The molecule has 0 aliphatic carbocycles. The van der Waals surface area contributed by atoms with E-state index < -0.39 is 0 Å². The summed E-state index contributed by atoms with van der Waals surface area (Å²) in [6.07, 6.45) is 0. The Morgan fingerprint density at radius 3 is 2.62 bits per heavy atom. The summed E-state index contributed by atoms with van der Waals surface area (Å²) in [6.45, 7) is 7.82. The molecule has 0 bridgehead atoms. The van der Waals surface area contributed by atoms with Crippen molar-refractivity contribution in [3.05, 3.63) is 39.7 Å². The molecule has 0 radical (unpaired) electrons. The molecule has 2 aromatic rings. The predicted octanol–water partition coefficient (Wildman–Crippen LogP) is 4.64. The number of nitrogens with zero attached hydrogens (tertiary/aromatic N) is 2. The van der Waals surface area contributed by atoms with Crippen LogP contribution in [0.15, 0.2) is 27.8 Å². The van der Waals surface area contributed by atoms with E-state index in [9.17, 15) is 4.79 Å². The van der Waals surface area contributed by atoms with Crippen LogP contribution < -0.4 is 5.32 Å². The number of hydrogen-bond acceptors (Lipinski definition) is 5. The van der Waals surface area contributed by atoms with Gasteiger partial charge in [-0.2, -0.15) is 0 Å². The maximum atomic E-state index is 12.1. The van der Waals surface area contributed by atoms with Gasteiger partial charge in [0, 0.05) is 15.5 Å². The number of carbonyl (C=O) groups excluding carboxylic acids is 1. The van der Waals surface area contributed by atoms with E-state index in [1.807, 2.05) is 27.7 Å². The van der Waals surface area contributed by atoms with Gasteiger partial charge in [0.05, 0.1) is 11.8 Å². The first kappa shape index (κ1) is 19.1. The van der Waals surface area contributed by atoms with Crippen molar-refractivity contribution >= 4 is 40.9 Å². The van der Waals surface area contributed by atoms with Crippen LogP contribution in [-0.4, -0.2) is 21.9 Å². The smallest absolute Gasteiger partial charge is 0.277 e. The van der Waals surface area contributed by atoms with Crippen LogP contribution >= 0.6 is 35.0 Å². The Balaban J connectivity index is 1.90. The van der Waals surface area contributed by atoms with Gasteiger partial charge in [0.1, 0.15) is 0 Å². The van der Waals surface area contributed by atoms with Crippen LogP contribution in [0.4, 0.5) is 0 Å². The number of aromatic nitrogens is 2. The third kappa shape index (κ3) is 5.13. The minimum absolute atomic E-state index is 0.144. The van der Waals surface area contributed by atoms with Crippen LogP contribution in [0.5, 0.6) is 0 Å². The molecule has 1 aromatic carbocycles. The van der Waals surface area contributed by atoms with Crippen LogP contribution in [0.1, 0.15) is 45.2 Å². The highest BCUT2D eigenvalue weighted by molar-refractivity contribution is 7.99. The van der Waals surface area contributed by atoms with Gasteiger partial charge in [-0.25, -0.2) is 0 Å². The molecule has 8 heteroatoms. The van der Waals surface area contributed by atoms with Crippen molar-refractivity contribution in [3.8, 4) is 0 Å². The minimum Gasteiger partial charge on any atom is -0.415 e. The van der Waals surface area contributed by atoms with Crippen molar-refractivity contribution in [2.45, 2.75) is 44.4 Å². The molecule has 5 nitrogen and oxygen atoms in total. The van der Waals surface area contributed by atoms with Crippen LogP contribution in [0.25, 0.3) is 0 Å². The molecule has 130 valence electrons. The van der Waals surface area contributed by atoms with Crippen molar-refractivity contribution < 1.29 is 9.21 Å². The summed E-state index contributed by atoms with van der Waals surface area (Å²) in [5.74, 6) is 0.585. The maximum Gasteiger partial charge on any atom is 0.277 e.